The van der Waals surface area contributed by atoms with E-state index in [1.54, 1.807) is 37.4 Å². The highest BCUT2D eigenvalue weighted by Gasteiger charge is 2.27. The van der Waals surface area contributed by atoms with E-state index in [2.05, 4.69) is 5.32 Å². The number of benzene rings is 1. The predicted octanol–water partition coefficient (Wildman–Crippen LogP) is 0.371. The third-order valence-electron chi connectivity index (χ3n) is 3.47. The van der Waals surface area contributed by atoms with Crippen LogP contribution in [0.4, 0.5) is 0 Å². The number of hydrogen-bond acceptors (Lipinski definition) is 4. The highest BCUT2D eigenvalue weighted by Crippen LogP contribution is 2.09. The molecule has 1 aliphatic rings. The van der Waals surface area contributed by atoms with Gasteiger partial charge < -0.3 is 20.1 Å². The molecule has 1 aromatic carbocycles. The molecule has 1 aliphatic heterocycles. The fourth-order valence-electron chi connectivity index (χ4n) is 2.16. The maximum absolute atomic E-state index is 12.1. The molecule has 1 heterocycles. The number of nitrogens with zero attached hydrogens (tertiary/aromatic N) is 1. The number of nitrogens with one attached hydrogen (secondary N) is 1. The van der Waals surface area contributed by atoms with Crippen LogP contribution in [-0.2, 0) is 14.3 Å². The number of hydrogen-bond donors (Lipinski definition) is 2. The molecule has 1 saturated heterocycles. The molecule has 0 saturated carbocycles. The molecule has 23 heavy (non-hydrogen) atoms. The first kappa shape index (κ1) is 16.7. The van der Waals surface area contributed by atoms with Crippen LogP contribution in [0.5, 0.6) is 0 Å². The molecule has 1 atom stereocenters. The van der Waals surface area contributed by atoms with Gasteiger partial charge in [-0.15, -0.1) is 0 Å². The largest absolute Gasteiger partial charge is 0.479 e. The summed E-state index contributed by atoms with van der Waals surface area (Å²) in [5.74, 6) is -1.52. The third-order valence-corrected chi connectivity index (χ3v) is 3.47. The molecule has 2 amide bonds. The van der Waals surface area contributed by atoms with Gasteiger partial charge in [-0.3, -0.25) is 9.59 Å². The van der Waals surface area contributed by atoms with Crippen molar-refractivity contribution in [3.63, 3.8) is 0 Å². The van der Waals surface area contributed by atoms with Crippen LogP contribution >= 0.6 is 0 Å². The fourth-order valence-corrected chi connectivity index (χ4v) is 2.16. The Balaban J connectivity index is 1.97. The first-order valence-corrected chi connectivity index (χ1v) is 7.15. The summed E-state index contributed by atoms with van der Waals surface area (Å²) < 4.78 is 5.07. The summed E-state index contributed by atoms with van der Waals surface area (Å²) in [6.45, 7) is 0.605. The Morgan fingerprint density at radius 1 is 1.30 bits per heavy atom. The highest BCUT2D eigenvalue weighted by atomic mass is 16.5. The Labute approximate surface area is 133 Å². The normalized spacial score (nSPS) is 18.0. The van der Waals surface area contributed by atoms with E-state index in [1.807, 2.05) is 0 Å². The minimum atomic E-state index is -1.07. The average molecular weight is 318 g/mol. The van der Waals surface area contributed by atoms with E-state index < -0.39 is 12.1 Å². The van der Waals surface area contributed by atoms with Crippen LogP contribution in [-0.4, -0.2) is 60.6 Å². The second-order valence-corrected chi connectivity index (χ2v) is 5.02. The second-order valence-electron chi connectivity index (χ2n) is 5.02. The molecule has 2 rings (SSSR count). The van der Waals surface area contributed by atoms with E-state index in [4.69, 9.17) is 9.84 Å². The zero-order chi connectivity index (χ0) is 16.8. The Morgan fingerprint density at radius 2 is 2.00 bits per heavy atom. The van der Waals surface area contributed by atoms with Gasteiger partial charge in [-0.2, -0.15) is 0 Å². The number of carbonyl (C=O) groups is 3. The van der Waals surface area contributed by atoms with Gasteiger partial charge in [-0.25, -0.2) is 4.79 Å². The van der Waals surface area contributed by atoms with Crippen LogP contribution in [0.3, 0.4) is 0 Å². The van der Waals surface area contributed by atoms with Gasteiger partial charge in [0.25, 0.3) is 5.91 Å². The van der Waals surface area contributed by atoms with Crippen LogP contribution in [0.15, 0.2) is 30.3 Å². The molecule has 0 bridgehead atoms. The molecule has 0 radical (unpaired) electrons. The summed E-state index contributed by atoms with van der Waals surface area (Å²) in [5.41, 5.74) is 1.31. The minimum absolute atomic E-state index is 0.0358. The van der Waals surface area contributed by atoms with Crippen molar-refractivity contribution in [2.75, 3.05) is 26.7 Å². The number of rotatable bonds is 4. The Hall–Kier alpha value is -2.67. The second kappa shape index (κ2) is 7.55. The van der Waals surface area contributed by atoms with Crippen molar-refractivity contribution >= 4 is 23.9 Å². The lowest BCUT2D eigenvalue weighted by atomic mass is 10.1. The quantitative estimate of drug-likeness (QED) is 0.782. The molecule has 0 aromatic heterocycles. The molecular weight excluding hydrogens is 300 g/mol. The van der Waals surface area contributed by atoms with Crippen molar-refractivity contribution in [1.82, 2.24) is 10.2 Å². The van der Waals surface area contributed by atoms with Gasteiger partial charge >= 0.3 is 5.97 Å². The van der Waals surface area contributed by atoms with Crippen LogP contribution in [0, 0.1) is 0 Å². The van der Waals surface area contributed by atoms with Gasteiger partial charge in [-0.05, 0) is 23.8 Å². The van der Waals surface area contributed by atoms with E-state index in [0.29, 0.717) is 12.1 Å². The van der Waals surface area contributed by atoms with E-state index in [0.717, 1.165) is 5.56 Å². The Kier molecular flexibility index (Phi) is 5.48. The topological polar surface area (TPSA) is 95.9 Å². The lowest BCUT2D eigenvalue weighted by Gasteiger charge is -2.30. The number of morpholine rings is 1. The molecule has 7 heteroatoms. The molecule has 2 N–H and O–H groups in total. The zero-order valence-electron chi connectivity index (χ0n) is 12.7. The monoisotopic (exact) mass is 318 g/mol. The van der Waals surface area contributed by atoms with Gasteiger partial charge in [0.1, 0.15) is 0 Å². The first-order chi connectivity index (χ1) is 11.0. The van der Waals surface area contributed by atoms with Crippen molar-refractivity contribution in [2.45, 2.75) is 6.10 Å². The van der Waals surface area contributed by atoms with Gasteiger partial charge in [-0.1, -0.05) is 12.1 Å². The molecule has 0 spiro atoms. The number of amides is 2. The average Bonchev–Trinajstić information content (AvgIpc) is 2.59. The number of aliphatic carboxylic acids is 1. The summed E-state index contributed by atoms with van der Waals surface area (Å²) in [4.78, 5) is 35.9. The lowest BCUT2D eigenvalue weighted by molar-refractivity contribution is -0.158. The van der Waals surface area contributed by atoms with Crippen LogP contribution in [0.2, 0.25) is 0 Å². The zero-order valence-corrected chi connectivity index (χ0v) is 12.7. The van der Waals surface area contributed by atoms with Crippen LogP contribution < -0.4 is 5.32 Å². The van der Waals surface area contributed by atoms with E-state index >= 15 is 0 Å². The van der Waals surface area contributed by atoms with Crippen molar-refractivity contribution in [1.29, 1.82) is 0 Å². The van der Waals surface area contributed by atoms with Crippen molar-refractivity contribution < 1.29 is 24.2 Å². The molecule has 1 aromatic rings. The van der Waals surface area contributed by atoms with Crippen molar-refractivity contribution in [3.8, 4) is 0 Å². The van der Waals surface area contributed by atoms with E-state index in [1.165, 1.54) is 11.0 Å². The Bertz CT molecular complexity index is 624. The van der Waals surface area contributed by atoms with E-state index in [-0.39, 0.29) is 25.0 Å². The number of carboxylic acid groups (broad SMARTS) is 1. The van der Waals surface area contributed by atoms with Crippen molar-refractivity contribution in [2.24, 2.45) is 0 Å². The lowest BCUT2D eigenvalue weighted by Crippen LogP contribution is -2.48. The molecule has 1 fully saturated rings. The molecule has 0 aliphatic carbocycles. The summed E-state index contributed by atoms with van der Waals surface area (Å²) in [5, 5.41) is 11.5. The van der Waals surface area contributed by atoms with Gasteiger partial charge in [0.05, 0.1) is 13.2 Å². The molecule has 122 valence electrons. The highest BCUT2D eigenvalue weighted by molar-refractivity contribution is 5.95. The smallest absolute Gasteiger partial charge is 0.334 e. The summed E-state index contributed by atoms with van der Waals surface area (Å²) >= 11 is 0. The minimum Gasteiger partial charge on any atom is -0.479 e. The summed E-state index contributed by atoms with van der Waals surface area (Å²) in [6.07, 6.45) is 2.04. The number of ether oxygens (including phenoxy) is 1. The predicted molar refractivity (Wildman–Crippen MR) is 82.8 cm³/mol. The summed E-state index contributed by atoms with van der Waals surface area (Å²) in [7, 11) is 1.56. The number of carboxylic acids is 1. The van der Waals surface area contributed by atoms with Gasteiger partial charge in [0.15, 0.2) is 6.10 Å². The SMILES string of the molecule is CNC(=O)c1ccc(/C=C/C(=O)N2CCOC(C(=O)O)C2)cc1. The fraction of sp³-hybridized carbons (Fsp3) is 0.312. The van der Waals surface area contributed by atoms with Gasteiger partial charge in [0, 0.05) is 25.2 Å². The van der Waals surface area contributed by atoms with Crippen LogP contribution in [0.25, 0.3) is 6.08 Å². The van der Waals surface area contributed by atoms with E-state index in [9.17, 15) is 14.4 Å². The molecule has 1 unspecified atom stereocenters. The third kappa shape index (κ3) is 4.40. The Morgan fingerprint density at radius 3 is 2.61 bits per heavy atom. The van der Waals surface area contributed by atoms with Crippen LogP contribution in [0.1, 0.15) is 15.9 Å². The summed E-state index contributed by atoms with van der Waals surface area (Å²) in [6, 6.07) is 6.79. The molecular formula is C16H18N2O5. The molecule has 7 nitrogen and oxygen atoms in total. The maximum atomic E-state index is 12.1. The van der Waals surface area contributed by atoms with Gasteiger partial charge in [0.2, 0.25) is 5.91 Å². The first-order valence-electron chi connectivity index (χ1n) is 7.15. The van der Waals surface area contributed by atoms with Crippen molar-refractivity contribution in [3.05, 3.63) is 41.5 Å². The maximum Gasteiger partial charge on any atom is 0.334 e. The standard InChI is InChI=1S/C16H18N2O5/c1-17-15(20)12-5-2-11(3-6-12)4-7-14(19)18-8-9-23-13(10-18)16(21)22/h2-7,13H,8-10H2,1H3,(H,17,20)(H,21,22)/b7-4+. The number of carbonyl (C=O) groups excluding carboxylic acids is 2.